The van der Waals surface area contributed by atoms with Gasteiger partial charge in [-0.25, -0.2) is 0 Å². The fraction of sp³-hybridized carbons (Fsp3) is 0.500. The van der Waals surface area contributed by atoms with E-state index in [-0.39, 0.29) is 0 Å². The molecule has 1 heteroatoms. The molecule has 0 N–H and O–H groups in total. The number of nitrogens with zero attached hydrogens (tertiary/aromatic N) is 1. The highest BCUT2D eigenvalue weighted by atomic mass is 15.2. The maximum Gasteiger partial charge on any atom is 0.0161 e. The summed E-state index contributed by atoms with van der Waals surface area (Å²) >= 11 is 0. The van der Waals surface area contributed by atoms with Crippen molar-refractivity contribution in [3.8, 4) is 0 Å². The number of likely N-dealkylation sites (tertiary alicyclic amines) is 1. The van der Waals surface area contributed by atoms with Crippen molar-refractivity contribution in [2.45, 2.75) is 12.8 Å². The summed E-state index contributed by atoms with van der Waals surface area (Å²) in [5.74, 6) is 0. The highest BCUT2D eigenvalue weighted by molar-refractivity contribution is 5.02. The van der Waals surface area contributed by atoms with Gasteiger partial charge < -0.3 is 0 Å². The summed E-state index contributed by atoms with van der Waals surface area (Å²) in [6.07, 6.45) is 8.22. The third kappa shape index (κ3) is 2.31. The maximum absolute atomic E-state index is 3.81. The van der Waals surface area contributed by atoms with Crippen LogP contribution in [0.25, 0.3) is 0 Å². The van der Waals surface area contributed by atoms with Crippen LogP contribution in [0.5, 0.6) is 0 Å². The zero-order chi connectivity index (χ0) is 9.73. The Labute approximate surface area is 81.4 Å². The molecule has 1 saturated heterocycles. The Hall–Kier alpha value is -0.820. The zero-order valence-corrected chi connectivity index (χ0v) is 8.34. The van der Waals surface area contributed by atoms with Crippen molar-refractivity contribution >= 4 is 0 Å². The summed E-state index contributed by atoms with van der Waals surface area (Å²) in [6, 6.07) is 0. The average Bonchev–Trinajstić information content (AvgIpc) is 2.03. The van der Waals surface area contributed by atoms with Crippen molar-refractivity contribution < 1.29 is 0 Å². The van der Waals surface area contributed by atoms with Crippen molar-refractivity contribution in [1.29, 1.82) is 0 Å². The summed E-state index contributed by atoms with van der Waals surface area (Å²) in [6.45, 7) is 14.7. The lowest BCUT2D eigenvalue weighted by atomic mass is 9.74. The Morgan fingerprint density at radius 2 is 1.54 bits per heavy atom. The lowest BCUT2D eigenvalue weighted by molar-refractivity contribution is 0.0149. The predicted octanol–water partition coefficient (Wildman–Crippen LogP) is 2.63. The lowest BCUT2D eigenvalue weighted by Crippen LogP contribution is -2.55. The van der Waals surface area contributed by atoms with Crippen LogP contribution in [0.15, 0.2) is 38.0 Å². The molecular formula is C12H19N. The Morgan fingerprint density at radius 3 is 1.92 bits per heavy atom. The Morgan fingerprint density at radius 1 is 1.00 bits per heavy atom. The zero-order valence-electron chi connectivity index (χ0n) is 8.34. The quantitative estimate of drug-likeness (QED) is 0.564. The molecule has 0 bridgehead atoms. The van der Waals surface area contributed by atoms with Crippen molar-refractivity contribution in [2.75, 3.05) is 19.6 Å². The Kier molecular flexibility index (Phi) is 3.49. The van der Waals surface area contributed by atoms with E-state index in [0.29, 0.717) is 5.41 Å². The standard InChI is InChI=1S/C12H19N/c1-4-7-12(8-5-2)10-13(11-12)9-6-3/h4-6H,1-3,7-11H2. The third-order valence-corrected chi connectivity index (χ3v) is 2.66. The molecular weight excluding hydrogens is 158 g/mol. The molecule has 0 spiro atoms. The molecule has 13 heavy (non-hydrogen) atoms. The molecule has 0 unspecified atom stereocenters. The minimum atomic E-state index is 0.437. The van der Waals surface area contributed by atoms with Gasteiger partial charge in [-0.1, -0.05) is 18.2 Å². The van der Waals surface area contributed by atoms with Crippen LogP contribution in [0.1, 0.15) is 12.8 Å². The SMILES string of the molecule is C=CCN1CC(CC=C)(CC=C)C1. The lowest BCUT2D eigenvalue weighted by Gasteiger charge is -2.49. The summed E-state index contributed by atoms with van der Waals surface area (Å²) in [5.41, 5.74) is 0.437. The van der Waals surface area contributed by atoms with Gasteiger partial charge in [0.1, 0.15) is 0 Å². The summed E-state index contributed by atoms with van der Waals surface area (Å²) in [5, 5.41) is 0. The molecule has 0 aromatic carbocycles. The molecule has 1 aliphatic rings. The first-order valence-corrected chi connectivity index (χ1v) is 4.81. The summed E-state index contributed by atoms with van der Waals surface area (Å²) in [4.78, 5) is 2.40. The smallest absolute Gasteiger partial charge is 0.0161 e. The summed E-state index contributed by atoms with van der Waals surface area (Å²) < 4.78 is 0. The minimum absolute atomic E-state index is 0.437. The number of hydrogen-bond acceptors (Lipinski definition) is 1. The molecule has 1 nitrogen and oxygen atoms in total. The first-order chi connectivity index (χ1) is 6.26. The van der Waals surface area contributed by atoms with Crippen LogP contribution in [0, 0.1) is 5.41 Å². The molecule has 1 aliphatic heterocycles. The van der Waals surface area contributed by atoms with Crippen molar-refractivity contribution in [3.05, 3.63) is 38.0 Å². The van der Waals surface area contributed by atoms with Crippen LogP contribution in [-0.2, 0) is 0 Å². The van der Waals surface area contributed by atoms with E-state index in [4.69, 9.17) is 0 Å². The Balaban J connectivity index is 2.41. The van der Waals surface area contributed by atoms with E-state index in [1.165, 1.54) is 0 Å². The van der Waals surface area contributed by atoms with Gasteiger partial charge >= 0.3 is 0 Å². The fourth-order valence-electron chi connectivity index (χ4n) is 2.17. The maximum atomic E-state index is 3.81. The monoisotopic (exact) mass is 177 g/mol. The molecule has 0 radical (unpaired) electrons. The first-order valence-electron chi connectivity index (χ1n) is 4.81. The van der Waals surface area contributed by atoms with E-state index in [1.807, 2.05) is 18.2 Å². The van der Waals surface area contributed by atoms with Gasteiger partial charge in [0.05, 0.1) is 0 Å². The second-order valence-electron chi connectivity index (χ2n) is 3.94. The van der Waals surface area contributed by atoms with Crippen molar-refractivity contribution in [3.63, 3.8) is 0 Å². The van der Waals surface area contributed by atoms with E-state index in [1.54, 1.807) is 0 Å². The van der Waals surface area contributed by atoms with Crippen molar-refractivity contribution in [1.82, 2.24) is 4.90 Å². The molecule has 0 amide bonds. The average molecular weight is 177 g/mol. The van der Waals surface area contributed by atoms with Gasteiger partial charge in [0.25, 0.3) is 0 Å². The summed E-state index contributed by atoms with van der Waals surface area (Å²) in [7, 11) is 0. The third-order valence-electron chi connectivity index (χ3n) is 2.66. The van der Waals surface area contributed by atoms with E-state index in [2.05, 4.69) is 24.6 Å². The highest BCUT2D eigenvalue weighted by Gasteiger charge is 2.39. The van der Waals surface area contributed by atoms with Gasteiger partial charge in [-0.2, -0.15) is 0 Å². The molecule has 0 saturated carbocycles. The van der Waals surface area contributed by atoms with Gasteiger partial charge in [-0.15, -0.1) is 19.7 Å². The molecule has 0 aromatic heterocycles. The van der Waals surface area contributed by atoms with Crippen LogP contribution >= 0.6 is 0 Å². The second-order valence-corrected chi connectivity index (χ2v) is 3.94. The number of hydrogen-bond donors (Lipinski definition) is 0. The van der Waals surface area contributed by atoms with Crippen LogP contribution in [-0.4, -0.2) is 24.5 Å². The molecule has 0 atom stereocenters. The van der Waals surface area contributed by atoms with E-state index >= 15 is 0 Å². The van der Waals surface area contributed by atoms with Gasteiger partial charge in [0.15, 0.2) is 0 Å². The second kappa shape index (κ2) is 4.43. The normalized spacial score (nSPS) is 20.3. The van der Waals surface area contributed by atoms with E-state index < -0.39 is 0 Å². The highest BCUT2D eigenvalue weighted by Crippen LogP contribution is 2.37. The van der Waals surface area contributed by atoms with Crippen molar-refractivity contribution in [2.24, 2.45) is 5.41 Å². The molecule has 1 heterocycles. The van der Waals surface area contributed by atoms with Gasteiger partial charge in [-0.05, 0) is 12.8 Å². The molecule has 72 valence electrons. The molecule has 0 aliphatic carbocycles. The first kappa shape index (κ1) is 10.3. The van der Waals surface area contributed by atoms with Gasteiger partial charge in [0.2, 0.25) is 0 Å². The van der Waals surface area contributed by atoms with E-state index in [9.17, 15) is 0 Å². The van der Waals surface area contributed by atoms with E-state index in [0.717, 1.165) is 32.5 Å². The van der Waals surface area contributed by atoms with Crippen LogP contribution in [0.3, 0.4) is 0 Å². The fourth-order valence-corrected chi connectivity index (χ4v) is 2.17. The predicted molar refractivity (Wildman–Crippen MR) is 58.7 cm³/mol. The van der Waals surface area contributed by atoms with Crippen LogP contribution in [0.4, 0.5) is 0 Å². The topological polar surface area (TPSA) is 3.24 Å². The van der Waals surface area contributed by atoms with Crippen LogP contribution in [0.2, 0.25) is 0 Å². The molecule has 1 fully saturated rings. The van der Waals surface area contributed by atoms with Gasteiger partial charge in [0, 0.05) is 25.0 Å². The number of rotatable bonds is 6. The molecule has 1 rings (SSSR count). The van der Waals surface area contributed by atoms with Gasteiger partial charge in [-0.3, -0.25) is 4.90 Å². The molecule has 0 aromatic rings. The van der Waals surface area contributed by atoms with Crippen LogP contribution < -0.4 is 0 Å². The largest absolute Gasteiger partial charge is 0.298 e. The number of allylic oxidation sites excluding steroid dienone is 2. The minimum Gasteiger partial charge on any atom is -0.298 e. The Bertz CT molecular complexity index is 187.